The van der Waals surface area contributed by atoms with Crippen molar-refractivity contribution in [2.45, 2.75) is 59.0 Å². The molecule has 0 aliphatic heterocycles. The van der Waals surface area contributed by atoms with Gasteiger partial charge in [0.05, 0.1) is 12.7 Å². The maximum atomic E-state index is 9.86. The van der Waals surface area contributed by atoms with E-state index in [1.165, 1.54) is 16.7 Å². The number of hydrogen-bond donors (Lipinski definition) is 2. The van der Waals surface area contributed by atoms with E-state index in [0.29, 0.717) is 18.9 Å². The van der Waals surface area contributed by atoms with Crippen LogP contribution in [0.1, 0.15) is 55.7 Å². The normalized spacial score (nSPS) is 14.1. The van der Waals surface area contributed by atoms with Crippen molar-refractivity contribution in [2.75, 3.05) is 13.2 Å². The number of hydrogen-bond acceptors (Lipinski definition) is 3. The summed E-state index contributed by atoms with van der Waals surface area (Å²) in [7, 11) is 0. The van der Waals surface area contributed by atoms with Crippen molar-refractivity contribution in [3.63, 3.8) is 0 Å². The van der Waals surface area contributed by atoms with E-state index in [9.17, 15) is 5.11 Å². The number of aliphatic hydroxyl groups is 1. The van der Waals surface area contributed by atoms with Gasteiger partial charge in [-0.05, 0) is 50.2 Å². The van der Waals surface area contributed by atoms with Gasteiger partial charge in [-0.3, -0.25) is 0 Å². The SMILES string of the molecule is CCCOc1c(C)cc(C)cc1C(CC)CC(O)CN. The fourth-order valence-corrected chi connectivity index (χ4v) is 2.63. The molecule has 0 saturated carbocycles. The van der Waals surface area contributed by atoms with E-state index in [2.05, 4.69) is 39.8 Å². The van der Waals surface area contributed by atoms with Crippen LogP contribution < -0.4 is 10.5 Å². The highest BCUT2D eigenvalue weighted by Gasteiger charge is 2.20. The van der Waals surface area contributed by atoms with E-state index in [0.717, 1.165) is 25.2 Å². The molecule has 1 rings (SSSR count). The highest BCUT2D eigenvalue weighted by atomic mass is 16.5. The second-order valence-electron chi connectivity index (χ2n) is 5.58. The molecule has 0 bridgehead atoms. The highest BCUT2D eigenvalue weighted by Crippen LogP contribution is 2.35. The van der Waals surface area contributed by atoms with Crippen molar-refractivity contribution in [1.29, 1.82) is 0 Å². The first kappa shape index (κ1) is 17.0. The zero-order valence-corrected chi connectivity index (χ0v) is 13.3. The Kier molecular flexibility index (Phi) is 7.03. The van der Waals surface area contributed by atoms with Crippen molar-refractivity contribution in [3.05, 3.63) is 28.8 Å². The van der Waals surface area contributed by atoms with Gasteiger partial charge < -0.3 is 15.6 Å². The van der Waals surface area contributed by atoms with E-state index in [4.69, 9.17) is 10.5 Å². The fraction of sp³-hybridized carbons (Fsp3) is 0.647. The van der Waals surface area contributed by atoms with Crippen LogP contribution in [0.4, 0.5) is 0 Å². The Hall–Kier alpha value is -1.06. The molecule has 1 aromatic rings. The molecular formula is C17H29NO2. The van der Waals surface area contributed by atoms with E-state index in [-0.39, 0.29) is 0 Å². The minimum Gasteiger partial charge on any atom is -0.493 e. The van der Waals surface area contributed by atoms with Crippen LogP contribution in [0.5, 0.6) is 5.75 Å². The number of rotatable bonds is 8. The van der Waals surface area contributed by atoms with Gasteiger partial charge in [0.25, 0.3) is 0 Å². The Morgan fingerprint density at radius 3 is 2.50 bits per heavy atom. The predicted octanol–water partition coefficient (Wildman–Crippen LogP) is 3.30. The van der Waals surface area contributed by atoms with Crippen LogP contribution in [0, 0.1) is 13.8 Å². The summed E-state index contributed by atoms with van der Waals surface area (Å²) in [5.41, 5.74) is 9.18. The van der Waals surface area contributed by atoms with E-state index in [1.807, 2.05) is 0 Å². The third kappa shape index (κ3) is 4.50. The lowest BCUT2D eigenvalue weighted by Gasteiger charge is -2.23. The molecule has 20 heavy (non-hydrogen) atoms. The first-order valence-corrected chi connectivity index (χ1v) is 7.65. The quantitative estimate of drug-likeness (QED) is 0.767. The topological polar surface area (TPSA) is 55.5 Å². The van der Waals surface area contributed by atoms with Crippen LogP contribution in [0.2, 0.25) is 0 Å². The first-order chi connectivity index (χ1) is 9.53. The lowest BCUT2D eigenvalue weighted by Crippen LogP contribution is -2.22. The second-order valence-corrected chi connectivity index (χ2v) is 5.58. The van der Waals surface area contributed by atoms with Crippen LogP contribution in [0.25, 0.3) is 0 Å². The van der Waals surface area contributed by atoms with E-state index >= 15 is 0 Å². The number of aryl methyl sites for hydroxylation is 2. The van der Waals surface area contributed by atoms with Gasteiger partial charge in [0, 0.05) is 6.54 Å². The summed E-state index contributed by atoms with van der Waals surface area (Å²) in [6.45, 7) is 9.49. The smallest absolute Gasteiger partial charge is 0.125 e. The van der Waals surface area contributed by atoms with E-state index in [1.54, 1.807) is 0 Å². The lowest BCUT2D eigenvalue weighted by molar-refractivity contribution is 0.161. The molecule has 3 nitrogen and oxygen atoms in total. The third-order valence-corrected chi connectivity index (χ3v) is 3.66. The largest absolute Gasteiger partial charge is 0.493 e. The molecule has 0 spiro atoms. The van der Waals surface area contributed by atoms with Crippen molar-refractivity contribution in [3.8, 4) is 5.75 Å². The Balaban J connectivity index is 3.10. The van der Waals surface area contributed by atoms with Gasteiger partial charge >= 0.3 is 0 Å². The predicted molar refractivity (Wildman–Crippen MR) is 84.4 cm³/mol. The summed E-state index contributed by atoms with van der Waals surface area (Å²) >= 11 is 0. The fourth-order valence-electron chi connectivity index (χ4n) is 2.63. The maximum absolute atomic E-state index is 9.86. The van der Waals surface area contributed by atoms with Crippen LogP contribution >= 0.6 is 0 Å². The van der Waals surface area contributed by atoms with Crippen LogP contribution in [0.3, 0.4) is 0 Å². The number of nitrogens with two attached hydrogens (primary N) is 1. The Labute approximate surface area is 123 Å². The van der Waals surface area contributed by atoms with Crippen molar-refractivity contribution in [2.24, 2.45) is 5.73 Å². The molecule has 2 atom stereocenters. The molecule has 0 aliphatic rings. The van der Waals surface area contributed by atoms with Crippen molar-refractivity contribution < 1.29 is 9.84 Å². The molecule has 0 aromatic heterocycles. The summed E-state index contributed by atoms with van der Waals surface area (Å²) < 4.78 is 5.96. The molecule has 0 aliphatic carbocycles. The Morgan fingerprint density at radius 1 is 1.25 bits per heavy atom. The first-order valence-electron chi connectivity index (χ1n) is 7.65. The van der Waals surface area contributed by atoms with Crippen LogP contribution in [-0.2, 0) is 0 Å². The zero-order valence-electron chi connectivity index (χ0n) is 13.3. The average Bonchev–Trinajstić information content (AvgIpc) is 2.42. The highest BCUT2D eigenvalue weighted by molar-refractivity contribution is 5.45. The standard InChI is InChI=1S/C17H29NO2/c1-5-7-20-17-13(4)8-12(3)9-16(17)14(6-2)10-15(19)11-18/h8-9,14-15,19H,5-7,10-11,18H2,1-4H3. The average molecular weight is 279 g/mol. The Bertz CT molecular complexity index is 418. The maximum Gasteiger partial charge on any atom is 0.125 e. The molecule has 0 fully saturated rings. The van der Waals surface area contributed by atoms with Gasteiger partial charge in [0.2, 0.25) is 0 Å². The van der Waals surface area contributed by atoms with Gasteiger partial charge in [0.1, 0.15) is 5.75 Å². The molecule has 3 heteroatoms. The summed E-state index contributed by atoms with van der Waals surface area (Å²) in [6.07, 6.45) is 2.22. The monoisotopic (exact) mass is 279 g/mol. The van der Waals surface area contributed by atoms with Gasteiger partial charge in [-0.15, -0.1) is 0 Å². The summed E-state index contributed by atoms with van der Waals surface area (Å²) in [6, 6.07) is 4.34. The third-order valence-electron chi connectivity index (χ3n) is 3.66. The zero-order chi connectivity index (χ0) is 15.1. The number of aliphatic hydroxyl groups excluding tert-OH is 1. The minimum absolute atomic E-state index is 0.291. The lowest BCUT2D eigenvalue weighted by atomic mass is 9.88. The molecular weight excluding hydrogens is 250 g/mol. The van der Waals surface area contributed by atoms with Gasteiger partial charge in [-0.2, -0.15) is 0 Å². The molecule has 114 valence electrons. The Morgan fingerprint density at radius 2 is 1.95 bits per heavy atom. The van der Waals surface area contributed by atoms with Crippen LogP contribution in [-0.4, -0.2) is 24.4 Å². The van der Waals surface area contributed by atoms with Crippen molar-refractivity contribution >= 4 is 0 Å². The van der Waals surface area contributed by atoms with Gasteiger partial charge in [-0.25, -0.2) is 0 Å². The molecule has 1 aromatic carbocycles. The molecule has 3 N–H and O–H groups in total. The summed E-state index contributed by atoms with van der Waals surface area (Å²) in [4.78, 5) is 0. The summed E-state index contributed by atoms with van der Waals surface area (Å²) in [5, 5.41) is 9.86. The molecule has 0 heterocycles. The van der Waals surface area contributed by atoms with Crippen molar-refractivity contribution in [1.82, 2.24) is 0 Å². The number of ether oxygens (including phenoxy) is 1. The van der Waals surface area contributed by atoms with Gasteiger partial charge in [-0.1, -0.05) is 31.5 Å². The molecule has 0 amide bonds. The summed E-state index contributed by atoms with van der Waals surface area (Å²) in [5.74, 6) is 1.28. The molecule has 0 saturated heterocycles. The van der Waals surface area contributed by atoms with E-state index < -0.39 is 6.10 Å². The second kappa shape index (κ2) is 8.28. The van der Waals surface area contributed by atoms with Crippen LogP contribution in [0.15, 0.2) is 12.1 Å². The number of benzene rings is 1. The minimum atomic E-state index is -0.445. The van der Waals surface area contributed by atoms with Gasteiger partial charge in [0.15, 0.2) is 0 Å². The molecule has 2 unspecified atom stereocenters. The molecule has 0 radical (unpaired) electrons.